The molecule has 1 fully saturated rings. The standard InChI is InChI=1S/C12H16N4O5/c17-9-7-8(13-12(21)14-9)11(20)16-5-3-15(4-6-16)2-1-10(18)19/h7H,1-6H2,(H,18,19)(H2,13,14,17,21). The highest BCUT2D eigenvalue weighted by Gasteiger charge is 2.23. The molecule has 1 aromatic rings. The maximum Gasteiger partial charge on any atom is 0.326 e. The van der Waals surface area contributed by atoms with E-state index in [1.54, 1.807) is 0 Å². The molecule has 1 saturated heterocycles. The molecule has 114 valence electrons. The van der Waals surface area contributed by atoms with Gasteiger partial charge in [-0.25, -0.2) is 4.79 Å². The average molecular weight is 296 g/mol. The van der Waals surface area contributed by atoms with Crippen LogP contribution in [0.15, 0.2) is 15.7 Å². The van der Waals surface area contributed by atoms with Crippen LogP contribution in [0.2, 0.25) is 0 Å². The van der Waals surface area contributed by atoms with Crippen molar-refractivity contribution in [2.24, 2.45) is 0 Å². The van der Waals surface area contributed by atoms with Crippen LogP contribution in [-0.4, -0.2) is 69.5 Å². The molecular formula is C12H16N4O5. The van der Waals surface area contributed by atoms with Crippen LogP contribution in [0.25, 0.3) is 0 Å². The first-order valence-electron chi connectivity index (χ1n) is 6.53. The minimum absolute atomic E-state index is 0.0391. The van der Waals surface area contributed by atoms with Crippen LogP contribution in [0, 0.1) is 0 Å². The molecule has 2 heterocycles. The molecule has 0 spiro atoms. The lowest BCUT2D eigenvalue weighted by Gasteiger charge is -2.34. The van der Waals surface area contributed by atoms with Crippen LogP contribution in [0.1, 0.15) is 16.9 Å². The Morgan fingerprint density at radius 1 is 1.14 bits per heavy atom. The van der Waals surface area contributed by atoms with E-state index in [0.717, 1.165) is 6.07 Å². The van der Waals surface area contributed by atoms with Crippen LogP contribution in [0.3, 0.4) is 0 Å². The number of aromatic amines is 2. The summed E-state index contributed by atoms with van der Waals surface area (Å²) in [6.07, 6.45) is 0.0648. The van der Waals surface area contributed by atoms with Gasteiger partial charge in [0.25, 0.3) is 11.5 Å². The van der Waals surface area contributed by atoms with Crippen LogP contribution in [0.4, 0.5) is 0 Å². The molecule has 1 aromatic heterocycles. The third-order valence-corrected chi connectivity index (χ3v) is 3.29. The first-order valence-corrected chi connectivity index (χ1v) is 6.53. The molecule has 0 aromatic carbocycles. The first kappa shape index (κ1) is 15.0. The molecule has 9 nitrogen and oxygen atoms in total. The summed E-state index contributed by atoms with van der Waals surface area (Å²) in [5.74, 6) is -1.26. The lowest BCUT2D eigenvalue weighted by Crippen LogP contribution is -2.49. The number of piperazine rings is 1. The molecule has 1 aliphatic rings. The zero-order chi connectivity index (χ0) is 15.4. The quantitative estimate of drug-likeness (QED) is 0.607. The van der Waals surface area contributed by atoms with Crippen molar-refractivity contribution in [1.29, 1.82) is 0 Å². The monoisotopic (exact) mass is 296 g/mol. The normalized spacial score (nSPS) is 15.9. The third kappa shape index (κ3) is 4.02. The predicted octanol–water partition coefficient (Wildman–Crippen LogP) is -1.70. The van der Waals surface area contributed by atoms with E-state index in [-0.39, 0.29) is 12.1 Å². The van der Waals surface area contributed by atoms with E-state index in [1.807, 2.05) is 9.88 Å². The van der Waals surface area contributed by atoms with Crippen molar-refractivity contribution in [1.82, 2.24) is 19.8 Å². The molecule has 1 aliphatic heterocycles. The summed E-state index contributed by atoms with van der Waals surface area (Å²) in [5.41, 5.74) is -1.38. The Morgan fingerprint density at radius 3 is 2.38 bits per heavy atom. The van der Waals surface area contributed by atoms with Gasteiger partial charge in [0.2, 0.25) is 0 Å². The van der Waals surface area contributed by atoms with E-state index >= 15 is 0 Å². The Balaban J connectivity index is 1.95. The van der Waals surface area contributed by atoms with Crippen LogP contribution in [-0.2, 0) is 4.79 Å². The highest BCUT2D eigenvalue weighted by atomic mass is 16.4. The molecule has 2 rings (SSSR count). The highest BCUT2D eigenvalue weighted by molar-refractivity contribution is 5.92. The highest BCUT2D eigenvalue weighted by Crippen LogP contribution is 2.06. The number of amides is 1. The zero-order valence-corrected chi connectivity index (χ0v) is 11.3. The number of carboxylic acids is 1. The fourth-order valence-electron chi connectivity index (χ4n) is 2.18. The summed E-state index contributed by atoms with van der Waals surface area (Å²) >= 11 is 0. The zero-order valence-electron chi connectivity index (χ0n) is 11.3. The third-order valence-electron chi connectivity index (χ3n) is 3.29. The summed E-state index contributed by atoms with van der Waals surface area (Å²) in [6.45, 7) is 2.42. The number of carbonyl (C=O) groups is 2. The van der Waals surface area contributed by atoms with E-state index in [2.05, 4.69) is 4.98 Å². The Morgan fingerprint density at radius 2 is 1.81 bits per heavy atom. The van der Waals surface area contributed by atoms with Gasteiger partial charge in [-0.2, -0.15) is 0 Å². The van der Waals surface area contributed by atoms with Crippen molar-refractivity contribution in [2.45, 2.75) is 6.42 Å². The summed E-state index contributed by atoms with van der Waals surface area (Å²) in [7, 11) is 0. The molecule has 3 N–H and O–H groups in total. The minimum Gasteiger partial charge on any atom is -0.481 e. The maximum absolute atomic E-state index is 12.2. The van der Waals surface area contributed by atoms with Gasteiger partial charge in [-0.3, -0.25) is 24.3 Å². The molecule has 21 heavy (non-hydrogen) atoms. The molecule has 0 saturated carbocycles. The fourth-order valence-corrected chi connectivity index (χ4v) is 2.18. The number of nitrogens with one attached hydrogen (secondary N) is 2. The van der Waals surface area contributed by atoms with Crippen molar-refractivity contribution in [2.75, 3.05) is 32.7 Å². The van der Waals surface area contributed by atoms with Gasteiger partial charge in [0, 0.05) is 38.8 Å². The number of aliphatic carboxylic acids is 1. The Kier molecular flexibility index (Phi) is 4.53. The van der Waals surface area contributed by atoms with Crippen LogP contribution < -0.4 is 11.2 Å². The van der Waals surface area contributed by atoms with E-state index in [4.69, 9.17) is 5.11 Å². The van der Waals surface area contributed by atoms with Gasteiger partial charge in [0.15, 0.2) is 0 Å². The molecule has 9 heteroatoms. The number of hydrogen-bond acceptors (Lipinski definition) is 5. The minimum atomic E-state index is -0.852. The summed E-state index contributed by atoms with van der Waals surface area (Å²) in [6, 6.07) is 1.06. The number of carboxylic acid groups (broad SMARTS) is 1. The molecule has 1 amide bonds. The van der Waals surface area contributed by atoms with Gasteiger partial charge < -0.3 is 15.0 Å². The first-order chi connectivity index (χ1) is 9.95. The topological polar surface area (TPSA) is 127 Å². The van der Waals surface area contributed by atoms with Gasteiger partial charge in [-0.05, 0) is 0 Å². The molecular weight excluding hydrogens is 280 g/mol. The lowest BCUT2D eigenvalue weighted by molar-refractivity contribution is -0.137. The number of H-pyrrole nitrogens is 2. The van der Waals surface area contributed by atoms with Crippen LogP contribution in [0.5, 0.6) is 0 Å². The summed E-state index contributed by atoms with van der Waals surface area (Å²) in [5, 5.41) is 8.63. The van der Waals surface area contributed by atoms with Gasteiger partial charge in [-0.1, -0.05) is 0 Å². The average Bonchev–Trinajstić information content (AvgIpc) is 2.44. The fraction of sp³-hybridized carbons (Fsp3) is 0.500. The number of aromatic nitrogens is 2. The van der Waals surface area contributed by atoms with E-state index in [9.17, 15) is 19.2 Å². The van der Waals surface area contributed by atoms with Crippen LogP contribution >= 0.6 is 0 Å². The van der Waals surface area contributed by atoms with Gasteiger partial charge in [0.05, 0.1) is 6.42 Å². The van der Waals surface area contributed by atoms with Gasteiger partial charge >= 0.3 is 11.7 Å². The molecule has 0 radical (unpaired) electrons. The molecule has 0 atom stereocenters. The maximum atomic E-state index is 12.2. The largest absolute Gasteiger partial charge is 0.481 e. The van der Waals surface area contributed by atoms with E-state index < -0.39 is 23.1 Å². The molecule has 0 bridgehead atoms. The van der Waals surface area contributed by atoms with Crippen molar-refractivity contribution in [3.8, 4) is 0 Å². The smallest absolute Gasteiger partial charge is 0.326 e. The number of nitrogens with zero attached hydrogens (tertiary/aromatic N) is 2. The Bertz CT molecular complexity index is 613. The SMILES string of the molecule is O=C(O)CCN1CCN(C(=O)c2cc(=O)[nH]c(=O)[nH]2)CC1. The second kappa shape index (κ2) is 6.35. The predicted molar refractivity (Wildman–Crippen MR) is 72.3 cm³/mol. The van der Waals surface area contributed by atoms with Crippen molar-refractivity contribution in [3.05, 3.63) is 32.6 Å². The van der Waals surface area contributed by atoms with E-state index in [0.29, 0.717) is 32.7 Å². The van der Waals surface area contributed by atoms with Crippen molar-refractivity contribution < 1.29 is 14.7 Å². The van der Waals surface area contributed by atoms with Crippen molar-refractivity contribution in [3.63, 3.8) is 0 Å². The Labute approximate surface area is 119 Å². The number of carbonyl (C=O) groups excluding carboxylic acids is 1. The number of rotatable bonds is 4. The van der Waals surface area contributed by atoms with Gasteiger partial charge in [-0.15, -0.1) is 0 Å². The molecule has 0 aliphatic carbocycles. The molecule has 0 unspecified atom stereocenters. The number of hydrogen-bond donors (Lipinski definition) is 3. The van der Waals surface area contributed by atoms with E-state index in [1.165, 1.54) is 4.90 Å². The van der Waals surface area contributed by atoms with Crippen molar-refractivity contribution >= 4 is 11.9 Å². The summed E-state index contributed by atoms with van der Waals surface area (Å²) in [4.78, 5) is 52.8. The van der Waals surface area contributed by atoms with Gasteiger partial charge in [0.1, 0.15) is 5.69 Å². The summed E-state index contributed by atoms with van der Waals surface area (Å²) < 4.78 is 0. The lowest BCUT2D eigenvalue weighted by atomic mass is 10.2. The second-order valence-corrected chi connectivity index (χ2v) is 4.78. The Hall–Kier alpha value is -2.42. The second-order valence-electron chi connectivity index (χ2n) is 4.78.